The van der Waals surface area contributed by atoms with E-state index in [2.05, 4.69) is 22.2 Å². The molecule has 3 rings (SSSR count). The average molecular weight is 369 g/mol. The number of aromatic nitrogens is 2. The lowest BCUT2D eigenvalue weighted by Gasteiger charge is -2.10. The lowest BCUT2D eigenvalue weighted by molar-refractivity contribution is -0.115. The number of hydrogen-bond acceptors (Lipinski definition) is 4. The number of carbonyl (C=O) groups excluding carboxylic acids is 1. The fraction of sp³-hybridized carbons (Fsp3) is 0.300. The molecule has 2 N–H and O–H groups in total. The van der Waals surface area contributed by atoms with Crippen molar-refractivity contribution in [3.8, 4) is 5.75 Å². The average Bonchev–Trinajstić information content (AvgIpc) is 3.04. The molecule has 1 atom stereocenters. The van der Waals surface area contributed by atoms with Crippen LogP contribution < -0.4 is 10.1 Å². The number of nitrogens with one attached hydrogen (secondary N) is 2. The highest BCUT2D eigenvalue weighted by Crippen LogP contribution is 2.26. The summed E-state index contributed by atoms with van der Waals surface area (Å²) in [7, 11) is 0. The first kappa shape index (κ1) is 18.3. The maximum absolute atomic E-state index is 12.4. The summed E-state index contributed by atoms with van der Waals surface area (Å²) in [6, 6.07) is 13.7. The van der Waals surface area contributed by atoms with Crippen LogP contribution in [0.5, 0.6) is 5.75 Å². The molecule has 0 aliphatic carbocycles. The number of hydrogen-bond donors (Lipinski definition) is 2. The van der Waals surface area contributed by atoms with Gasteiger partial charge in [-0.1, -0.05) is 30.8 Å². The highest BCUT2D eigenvalue weighted by atomic mass is 32.2. The maximum atomic E-state index is 12.4. The third kappa shape index (κ3) is 4.38. The zero-order valence-electron chi connectivity index (χ0n) is 15.2. The van der Waals surface area contributed by atoms with E-state index in [-0.39, 0.29) is 11.2 Å². The quantitative estimate of drug-likeness (QED) is 0.595. The van der Waals surface area contributed by atoms with Crippen LogP contribution in [0.25, 0.3) is 11.0 Å². The van der Waals surface area contributed by atoms with Crippen molar-refractivity contribution in [2.75, 3.05) is 11.9 Å². The second kappa shape index (κ2) is 8.27. The topological polar surface area (TPSA) is 67.0 Å². The molecule has 0 saturated carbocycles. The molecule has 1 heterocycles. The normalized spacial score (nSPS) is 12.1. The monoisotopic (exact) mass is 369 g/mol. The predicted molar refractivity (Wildman–Crippen MR) is 107 cm³/mol. The number of rotatable bonds is 7. The second-order valence-electron chi connectivity index (χ2n) is 5.95. The van der Waals surface area contributed by atoms with Crippen molar-refractivity contribution >= 4 is 34.4 Å². The van der Waals surface area contributed by atoms with E-state index in [9.17, 15) is 4.79 Å². The van der Waals surface area contributed by atoms with Gasteiger partial charge in [-0.05, 0) is 50.1 Å². The van der Waals surface area contributed by atoms with Gasteiger partial charge in [0.2, 0.25) is 5.91 Å². The molecule has 0 saturated heterocycles. The number of carbonyl (C=O) groups is 1. The van der Waals surface area contributed by atoms with Crippen LogP contribution in [0.2, 0.25) is 0 Å². The van der Waals surface area contributed by atoms with Crippen molar-refractivity contribution in [2.45, 2.75) is 37.6 Å². The highest BCUT2D eigenvalue weighted by Gasteiger charge is 2.17. The number of ether oxygens (including phenoxy) is 1. The minimum atomic E-state index is -0.271. The largest absolute Gasteiger partial charge is 0.494 e. The number of H-pyrrole nitrogens is 1. The zero-order valence-corrected chi connectivity index (χ0v) is 16.0. The molecule has 6 heteroatoms. The van der Waals surface area contributed by atoms with Crippen LogP contribution in [0.15, 0.2) is 47.6 Å². The Morgan fingerprint density at radius 3 is 2.69 bits per heavy atom. The van der Waals surface area contributed by atoms with Gasteiger partial charge >= 0.3 is 0 Å². The van der Waals surface area contributed by atoms with E-state index in [1.165, 1.54) is 17.3 Å². The number of amides is 1. The summed E-state index contributed by atoms with van der Waals surface area (Å²) in [5, 5.41) is 3.40. The fourth-order valence-corrected chi connectivity index (χ4v) is 3.39. The molecule has 0 unspecified atom stereocenters. The smallest absolute Gasteiger partial charge is 0.237 e. The molecule has 0 aliphatic rings. The molecule has 5 nitrogen and oxygen atoms in total. The van der Waals surface area contributed by atoms with Crippen LogP contribution >= 0.6 is 11.8 Å². The van der Waals surface area contributed by atoms with Crippen LogP contribution in [0, 0.1) is 0 Å². The van der Waals surface area contributed by atoms with Crippen molar-refractivity contribution in [1.29, 1.82) is 0 Å². The van der Waals surface area contributed by atoms with E-state index in [0.29, 0.717) is 6.61 Å². The summed E-state index contributed by atoms with van der Waals surface area (Å²) in [6.45, 7) is 6.56. The van der Waals surface area contributed by atoms with E-state index < -0.39 is 0 Å². The Kier molecular flexibility index (Phi) is 5.83. The molecule has 0 aliphatic heterocycles. The number of aryl methyl sites for hydroxylation is 1. The molecule has 0 radical (unpaired) electrons. The minimum Gasteiger partial charge on any atom is -0.494 e. The lowest BCUT2D eigenvalue weighted by atomic mass is 10.1. The number of anilines is 1. The Morgan fingerprint density at radius 2 is 2.00 bits per heavy atom. The molecule has 0 bridgehead atoms. The first-order chi connectivity index (χ1) is 12.6. The van der Waals surface area contributed by atoms with Crippen molar-refractivity contribution in [2.24, 2.45) is 0 Å². The number of imidazole rings is 1. The molecule has 3 aromatic rings. The summed E-state index contributed by atoms with van der Waals surface area (Å²) in [6.07, 6.45) is 0.984. The number of aromatic amines is 1. The van der Waals surface area contributed by atoms with E-state index in [4.69, 9.17) is 4.74 Å². The highest BCUT2D eigenvalue weighted by molar-refractivity contribution is 8.00. The van der Waals surface area contributed by atoms with Gasteiger partial charge in [0, 0.05) is 11.8 Å². The number of benzene rings is 2. The molecule has 1 amide bonds. The van der Waals surface area contributed by atoms with Crippen molar-refractivity contribution in [3.05, 3.63) is 48.0 Å². The summed E-state index contributed by atoms with van der Waals surface area (Å²) >= 11 is 1.40. The van der Waals surface area contributed by atoms with E-state index in [0.717, 1.165) is 34.0 Å². The molecule has 2 aromatic carbocycles. The summed E-state index contributed by atoms with van der Waals surface area (Å²) < 4.78 is 5.51. The van der Waals surface area contributed by atoms with Crippen LogP contribution in [-0.2, 0) is 11.2 Å². The van der Waals surface area contributed by atoms with Crippen LogP contribution in [0.3, 0.4) is 0 Å². The zero-order chi connectivity index (χ0) is 18.5. The third-order valence-electron chi connectivity index (χ3n) is 4.03. The Labute approximate surface area is 157 Å². The molecule has 136 valence electrons. The second-order valence-corrected chi connectivity index (χ2v) is 7.28. The Morgan fingerprint density at radius 1 is 1.23 bits per heavy atom. The lowest BCUT2D eigenvalue weighted by Crippen LogP contribution is -2.22. The van der Waals surface area contributed by atoms with Gasteiger partial charge < -0.3 is 15.0 Å². The van der Waals surface area contributed by atoms with Crippen LogP contribution in [0.4, 0.5) is 5.69 Å². The van der Waals surface area contributed by atoms with Crippen molar-refractivity contribution in [1.82, 2.24) is 9.97 Å². The van der Waals surface area contributed by atoms with Crippen LogP contribution in [-0.4, -0.2) is 27.7 Å². The standard InChI is InChI=1S/C20H23N3O2S/c1-4-14-6-8-15(9-7-14)21-19(24)13(3)26-20-22-17-11-10-16(25-5-2)12-18(17)23-20/h6-13H,4-5H2,1-3H3,(H,21,24)(H,22,23)/t13-/m1/s1. The van der Waals surface area contributed by atoms with Gasteiger partial charge in [-0.2, -0.15) is 0 Å². The molecular weight excluding hydrogens is 346 g/mol. The van der Waals surface area contributed by atoms with Gasteiger partial charge in [-0.15, -0.1) is 0 Å². The van der Waals surface area contributed by atoms with Gasteiger partial charge in [0.15, 0.2) is 5.16 Å². The van der Waals surface area contributed by atoms with Gasteiger partial charge in [0.1, 0.15) is 5.75 Å². The molecular formula is C20H23N3O2S. The number of thioether (sulfide) groups is 1. The van der Waals surface area contributed by atoms with Crippen molar-refractivity contribution < 1.29 is 9.53 Å². The number of nitrogens with zero attached hydrogens (tertiary/aromatic N) is 1. The minimum absolute atomic E-state index is 0.0466. The van der Waals surface area contributed by atoms with Crippen molar-refractivity contribution in [3.63, 3.8) is 0 Å². The van der Waals surface area contributed by atoms with Gasteiger partial charge in [0.25, 0.3) is 0 Å². The Bertz CT molecular complexity index is 890. The fourth-order valence-electron chi connectivity index (χ4n) is 2.57. The van der Waals surface area contributed by atoms with Gasteiger partial charge in [-0.3, -0.25) is 4.79 Å². The van der Waals surface area contributed by atoms with Gasteiger partial charge in [-0.25, -0.2) is 4.98 Å². The SMILES string of the molecule is CCOc1ccc2nc(S[C@H](C)C(=O)Nc3ccc(CC)cc3)[nH]c2c1. The predicted octanol–water partition coefficient (Wildman–Crippen LogP) is 4.64. The molecule has 0 spiro atoms. The van der Waals surface area contributed by atoms with Crippen LogP contribution in [0.1, 0.15) is 26.3 Å². The van der Waals surface area contributed by atoms with E-state index in [1.54, 1.807) is 0 Å². The Hall–Kier alpha value is -2.47. The first-order valence-electron chi connectivity index (χ1n) is 8.78. The van der Waals surface area contributed by atoms with E-state index >= 15 is 0 Å². The number of fused-ring (bicyclic) bond motifs is 1. The van der Waals surface area contributed by atoms with E-state index in [1.807, 2.05) is 56.3 Å². The molecule has 0 fully saturated rings. The summed E-state index contributed by atoms with van der Waals surface area (Å²) in [4.78, 5) is 20.2. The summed E-state index contributed by atoms with van der Waals surface area (Å²) in [5.41, 5.74) is 3.82. The Balaban J connectivity index is 1.65. The first-order valence-corrected chi connectivity index (χ1v) is 9.66. The maximum Gasteiger partial charge on any atom is 0.237 e. The molecule has 26 heavy (non-hydrogen) atoms. The van der Waals surface area contributed by atoms with Gasteiger partial charge in [0.05, 0.1) is 22.9 Å². The summed E-state index contributed by atoms with van der Waals surface area (Å²) in [5.74, 6) is 0.760. The molecule has 1 aromatic heterocycles. The third-order valence-corrected chi connectivity index (χ3v) is 5.01.